The fourth-order valence-electron chi connectivity index (χ4n) is 6.83. The van der Waals surface area contributed by atoms with Crippen molar-refractivity contribution in [1.29, 1.82) is 0 Å². The van der Waals surface area contributed by atoms with Crippen molar-refractivity contribution in [3.8, 4) is 0 Å². The molecule has 0 aromatic carbocycles. The van der Waals surface area contributed by atoms with E-state index in [1.54, 1.807) is 0 Å². The van der Waals surface area contributed by atoms with Gasteiger partial charge in [0.2, 0.25) is 0 Å². The Morgan fingerprint density at radius 1 is 0.884 bits per heavy atom. The average Bonchev–Trinajstić information content (AvgIpc) is 3.65. The number of rotatable bonds is 5. The molecule has 0 unspecified atom stereocenters. The van der Waals surface area contributed by atoms with Gasteiger partial charge in [-0.25, -0.2) is 19.6 Å². The Hall–Kier alpha value is -4.53. The molecule has 6 rings (SSSR count). The van der Waals surface area contributed by atoms with Gasteiger partial charge < -0.3 is 19.4 Å². The number of hydrogen-bond acceptors (Lipinski definition) is 7. The van der Waals surface area contributed by atoms with E-state index < -0.39 is 11.9 Å². The highest BCUT2D eigenvalue weighted by Gasteiger charge is 2.38. The minimum absolute atomic E-state index is 0.0827. The lowest BCUT2D eigenvalue weighted by atomic mass is 9.85. The second kappa shape index (κ2) is 10.6. The van der Waals surface area contributed by atoms with E-state index in [1.165, 1.54) is 7.11 Å². The van der Waals surface area contributed by atoms with Crippen molar-refractivity contribution < 1.29 is 23.9 Å². The highest BCUT2D eigenvalue weighted by atomic mass is 16.6. The number of carbonyl (C=O) groups is 3. The number of nitrogens with zero attached hydrogens (tertiary/aromatic N) is 2. The number of esters is 3. The van der Waals surface area contributed by atoms with Crippen molar-refractivity contribution in [2.45, 2.75) is 79.1 Å². The molecule has 0 amide bonds. The van der Waals surface area contributed by atoms with E-state index in [-0.39, 0.29) is 29.8 Å². The van der Waals surface area contributed by atoms with E-state index in [0.29, 0.717) is 34.3 Å². The largest absolute Gasteiger partial charge is 0.469 e. The summed E-state index contributed by atoms with van der Waals surface area (Å²) < 4.78 is 10.3. The molecule has 0 saturated heterocycles. The molecule has 2 N–H and O–H groups in total. The van der Waals surface area contributed by atoms with Crippen LogP contribution in [-0.2, 0) is 14.3 Å². The third-order valence-corrected chi connectivity index (χ3v) is 9.36. The molecule has 43 heavy (non-hydrogen) atoms. The standard InChI is InChI=1S/C34H36N4O5/c1-8-19-15(3)22-12-24-17(5)21(10-11-28(39)42-7)31(37-24)30-32-29(33(40)43-34(30)41)18(6)25(38-32)14-27-20(9-2)16(4)23(36-27)13-26(19)35-22/h12-14,17,21,37-38H,8-11H2,1-7H3/t17-,21-/m0/s1. The van der Waals surface area contributed by atoms with Gasteiger partial charge in [0.25, 0.3) is 0 Å². The number of H-pyrrole nitrogens is 2. The van der Waals surface area contributed by atoms with Gasteiger partial charge in [-0.1, -0.05) is 20.8 Å². The molecule has 0 fully saturated rings. The van der Waals surface area contributed by atoms with Gasteiger partial charge in [-0.2, -0.15) is 0 Å². The normalized spacial score (nSPS) is 18.7. The predicted octanol–water partition coefficient (Wildman–Crippen LogP) is 7.18. The first-order valence-electron chi connectivity index (χ1n) is 14.9. The Labute approximate surface area is 250 Å². The minimum Gasteiger partial charge on any atom is -0.469 e. The van der Waals surface area contributed by atoms with Crippen molar-refractivity contribution in [2.75, 3.05) is 7.11 Å². The molecule has 4 aliphatic rings. The lowest BCUT2D eigenvalue weighted by Crippen LogP contribution is -2.21. The third-order valence-electron chi connectivity index (χ3n) is 9.36. The molecule has 0 saturated carbocycles. The average molecular weight is 581 g/mol. The van der Waals surface area contributed by atoms with Crippen LogP contribution in [0.15, 0.2) is 18.2 Å². The molecule has 0 spiro atoms. The summed E-state index contributed by atoms with van der Waals surface area (Å²) >= 11 is 0. The van der Waals surface area contributed by atoms with Gasteiger partial charge in [0.1, 0.15) is 5.56 Å². The van der Waals surface area contributed by atoms with Gasteiger partial charge in [0.15, 0.2) is 0 Å². The first-order chi connectivity index (χ1) is 20.6. The predicted molar refractivity (Wildman–Crippen MR) is 165 cm³/mol. The second-order valence-electron chi connectivity index (χ2n) is 11.6. The van der Waals surface area contributed by atoms with Gasteiger partial charge in [-0.05, 0) is 86.1 Å². The molecule has 6 heterocycles. The Morgan fingerprint density at radius 3 is 2.12 bits per heavy atom. The van der Waals surface area contributed by atoms with Crippen molar-refractivity contribution in [3.05, 3.63) is 69.1 Å². The number of hydrogen-bond donors (Lipinski definition) is 2. The number of aryl methyl sites for hydroxylation is 1. The van der Waals surface area contributed by atoms with E-state index in [2.05, 4.69) is 50.7 Å². The maximum absolute atomic E-state index is 13.5. The highest BCUT2D eigenvalue weighted by Crippen LogP contribution is 2.44. The molecule has 2 aromatic rings. The first-order valence-corrected chi connectivity index (χ1v) is 14.9. The van der Waals surface area contributed by atoms with Gasteiger partial charge >= 0.3 is 17.9 Å². The molecule has 2 atom stereocenters. The van der Waals surface area contributed by atoms with E-state index in [1.807, 2.05) is 19.1 Å². The lowest BCUT2D eigenvalue weighted by Gasteiger charge is -2.19. The summed E-state index contributed by atoms with van der Waals surface area (Å²) in [7, 11) is 1.37. The molecule has 8 bridgehead atoms. The number of nitrogens with one attached hydrogen (secondary N) is 2. The van der Waals surface area contributed by atoms with E-state index in [9.17, 15) is 14.4 Å². The number of methoxy groups -OCH3 is 1. The van der Waals surface area contributed by atoms with Crippen molar-refractivity contribution >= 4 is 51.2 Å². The number of aromatic amines is 2. The van der Waals surface area contributed by atoms with Gasteiger partial charge in [-0.15, -0.1) is 0 Å². The number of cyclic esters (lactones) is 2. The number of ether oxygens (including phenoxy) is 2. The number of aromatic nitrogens is 4. The molecule has 222 valence electrons. The summed E-state index contributed by atoms with van der Waals surface area (Å²) in [5.41, 5.74) is 11.7. The minimum atomic E-state index is -0.725. The van der Waals surface area contributed by atoms with Crippen LogP contribution in [0.3, 0.4) is 0 Å². The Bertz CT molecular complexity index is 1870. The van der Waals surface area contributed by atoms with Crippen LogP contribution in [0.25, 0.3) is 33.3 Å². The smallest absolute Gasteiger partial charge is 0.349 e. The second-order valence-corrected chi connectivity index (χ2v) is 11.6. The summed E-state index contributed by atoms with van der Waals surface area (Å²) in [4.78, 5) is 55.8. The molecule has 2 aromatic heterocycles. The van der Waals surface area contributed by atoms with E-state index in [0.717, 1.165) is 63.6 Å². The SMILES string of the molecule is CCC1=C(C)c2cc3[nH]c(c4c5[nH]c(cc6nc(cc1n2)C(C)=C6CC)c(C)c5C(=O)OC4=O)[C@@H](CCC(=O)OC)[C@@H]3C. The summed E-state index contributed by atoms with van der Waals surface area (Å²) in [6, 6.07) is 6.06. The zero-order valence-corrected chi connectivity index (χ0v) is 25.7. The molecule has 4 aliphatic heterocycles. The Morgan fingerprint density at radius 2 is 1.49 bits per heavy atom. The summed E-state index contributed by atoms with van der Waals surface area (Å²) in [5.74, 6) is -2.05. The molecule has 0 aliphatic carbocycles. The van der Waals surface area contributed by atoms with Crippen molar-refractivity contribution in [1.82, 2.24) is 19.9 Å². The number of carbonyl (C=O) groups excluding carboxylic acids is 3. The van der Waals surface area contributed by atoms with Crippen LogP contribution in [0.1, 0.15) is 133 Å². The topological polar surface area (TPSA) is 127 Å². The lowest BCUT2D eigenvalue weighted by molar-refractivity contribution is -0.140. The van der Waals surface area contributed by atoms with Crippen LogP contribution < -0.4 is 0 Å². The van der Waals surface area contributed by atoms with Gasteiger partial charge in [0.05, 0.1) is 41.0 Å². The summed E-state index contributed by atoms with van der Waals surface area (Å²) in [6.07, 6.45) is 2.22. The maximum Gasteiger partial charge on any atom is 0.349 e. The van der Waals surface area contributed by atoms with Crippen LogP contribution in [-0.4, -0.2) is 45.0 Å². The molecular formula is C34H36N4O5. The monoisotopic (exact) mass is 580 g/mol. The Kier molecular flexibility index (Phi) is 7.07. The van der Waals surface area contributed by atoms with Crippen LogP contribution in [0.4, 0.5) is 0 Å². The Balaban J connectivity index is 1.77. The van der Waals surface area contributed by atoms with Crippen LogP contribution >= 0.6 is 0 Å². The van der Waals surface area contributed by atoms with Gasteiger partial charge in [0, 0.05) is 35.2 Å². The van der Waals surface area contributed by atoms with Crippen LogP contribution in [0, 0.1) is 6.92 Å². The summed E-state index contributed by atoms with van der Waals surface area (Å²) in [6.45, 7) is 12.3. The molecule has 9 heteroatoms. The van der Waals surface area contributed by atoms with Crippen molar-refractivity contribution in [3.63, 3.8) is 0 Å². The maximum atomic E-state index is 13.5. The van der Waals surface area contributed by atoms with Crippen LogP contribution in [0.2, 0.25) is 0 Å². The zero-order valence-electron chi connectivity index (χ0n) is 25.7. The third kappa shape index (κ3) is 4.49. The number of allylic oxidation sites excluding steroid dienone is 4. The molecule has 9 nitrogen and oxygen atoms in total. The van der Waals surface area contributed by atoms with E-state index in [4.69, 9.17) is 19.4 Å². The number of fused-ring (bicyclic) bond motifs is 8. The van der Waals surface area contributed by atoms with E-state index >= 15 is 0 Å². The van der Waals surface area contributed by atoms with Crippen molar-refractivity contribution in [2.24, 2.45) is 0 Å². The molecule has 0 radical (unpaired) electrons. The van der Waals surface area contributed by atoms with Crippen LogP contribution in [0.5, 0.6) is 0 Å². The fraction of sp³-hybridized carbons (Fsp3) is 0.382. The highest BCUT2D eigenvalue weighted by molar-refractivity contribution is 6.18. The summed E-state index contributed by atoms with van der Waals surface area (Å²) in [5, 5.41) is 0. The first kappa shape index (κ1) is 28.6. The van der Waals surface area contributed by atoms with Gasteiger partial charge in [-0.3, -0.25) is 4.79 Å². The zero-order chi connectivity index (χ0) is 30.7. The quantitative estimate of drug-likeness (QED) is 0.283. The fourth-order valence-corrected chi connectivity index (χ4v) is 6.83. The molecular weight excluding hydrogens is 544 g/mol.